The van der Waals surface area contributed by atoms with Crippen LogP contribution in [0.2, 0.25) is 0 Å². The normalized spacial score (nSPS) is 11.4. The molecule has 0 radical (unpaired) electrons. The maximum atomic E-state index is 13.5. The average molecular weight is 357 g/mol. The number of nitriles is 2. The summed E-state index contributed by atoms with van der Waals surface area (Å²) in [6.45, 7) is 0. The lowest BCUT2D eigenvalue weighted by atomic mass is 10.1. The SMILES string of the molecule is N#Cc1ccc2c(cc(C(F)F)n2S(=O)(=O)c2ccccc2)c1C#N. The van der Waals surface area contributed by atoms with E-state index < -0.39 is 22.1 Å². The fourth-order valence-electron chi connectivity index (χ4n) is 2.61. The molecule has 0 saturated carbocycles. The Hall–Kier alpha value is -3.23. The van der Waals surface area contributed by atoms with Crippen molar-refractivity contribution in [1.29, 1.82) is 10.5 Å². The molecule has 8 heteroatoms. The fourth-order valence-corrected chi connectivity index (χ4v) is 4.15. The van der Waals surface area contributed by atoms with E-state index in [0.717, 1.165) is 6.07 Å². The van der Waals surface area contributed by atoms with Crippen molar-refractivity contribution in [3.8, 4) is 12.1 Å². The van der Waals surface area contributed by atoms with Gasteiger partial charge in [0.2, 0.25) is 0 Å². The lowest BCUT2D eigenvalue weighted by molar-refractivity contribution is 0.145. The number of hydrogen-bond acceptors (Lipinski definition) is 4. The van der Waals surface area contributed by atoms with Crippen LogP contribution in [0.15, 0.2) is 53.4 Å². The molecule has 0 fully saturated rings. The van der Waals surface area contributed by atoms with E-state index in [9.17, 15) is 22.5 Å². The molecular weight excluding hydrogens is 348 g/mol. The number of nitrogens with zero attached hydrogens (tertiary/aromatic N) is 3. The standard InChI is InChI=1S/C17H9F2N3O2S/c18-17(19)16-8-13-14(10-21)11(9-20)6-7-15(13)22(16)25(23,24)12-4-2-1-3-5-12/h1-8,17H. The Labute approximate surface area is 142 Å². The second-order valence-electron chi connectivity index (χ2n) is 5.10. The van der Waals surface area contributed by atoms with E-state index in [4.69, 9.17) is 5.26 Å². The molecule has 3 rings (SSSR count). The summed E-state index contributed by atoms with van der Waals surface area (Å²) in [7, 11) is -4.30. The zero-order valence-corrected chi connectivity index (χ0v) is 13.3. The Kier molecular flexibility index (Phi) is 3.99. The molecule has 0 unspecified atom stereocenters. The van der Waals surface area contributed by atoms with Gasteiger partial charge in [0, 0.05) is 5.39 Å². The highest BCUT2D eigenvalue weighted by Gasteiger charge is 2.28. The summed E-state index contributed by atoms with van der Waals surface area (Å²) in [6, 6.07) is 14.2. The van der Waals surface area contributed by atoms with Crippen LogP contribution in [-0.2, 0) is 10.0 Å². The first kappa shape index (κ1) is 16.6. The molecule has 0 aliphatic carbocycles. The molecule has 124 valence electrons. The van der Waals surface area contributed by atoms with Gasteiger partial charge in [0.05, 0.1) is 21.5 Å². The van der Waals surface area contributed by atoms with Crippen molar-refractivity contribution in [2.45, 2.75) is 11.3 Å². The molecule has 2 aromatic carbocycles. The van der Waals surface area contributed by atoms with Crippen LogP contribution < -0.4 is 0 Å². The van der Waals surface area contributed by atoms with Gasteiger partial charge in [-0.1, -0.05) is 18.2 Å². The summed E-state index contributed by atoms with van der Waals surface area (Å²) < 4.78 is 53.3. The van der Waals surface area contributed by atoms with Gasteiger partial charge >= 0.3 is 0 Å². The van der Waals surface area contributed by atoms with Crippen LogP contribution in [0.5, 0.6) is 0 Å². The van der Waals surface area contributed by atoms with Crippen molar-refractivity contribution in [3.63, 3.8) is 0 Å². The van der Waals surface area contributed by atoms with E-state index in [2.05, 4.69) is 0 Å². The molecule has 3 aromatic rings. The highest BCUT2D eigenvalue weighted by atomic mass is 32.2. The van der Waals surface area contributed by atoms with Crippen molar-refractivity contribution in [2.75, 3.05) is 0 Å². The highest BCUT2D eigenvalue weighted by Crippen LogP contribution is 2.33. The van der Waals surface area contributed by atoms with Gasteiger partial charge in [-0.2, -0.15) is 10.5 Å². The summed E-state index contributed by atoms with van der Waals surface area (Å²) in [4.78, 5) is -0.155. The molecular formula is C17H9F2N3O2S. The molecule has 0 spiro atoms. The van der Waals surface area contributed by atoms with E-state index in [1.807, 2.05) is 0 Å². The number of halogens is 2. The van der Waals surface area contributed by atoms with Crippen LogP contribution in [0.4, 0.5) is 8.78 Å². The average Bonchev–Trinajstić information content (AvgIpc) is 3.02. The van der Waals surface area contributed by atoms with Gasteiger partial charge in [-0.25, -0.2) is 21.2 Å². The number of hydrogen-bond donors (Lipinski definition) is 0. The fraction of sp³-hybridized carbons (Fsp3) is 0.0588. The van der Waals surface area contributed by atoms with Gasteiger partial charge in [-0.3, -0.25) is 0 Å². The van der Waals surface area contributed by atoms with Crippen molar-refractivity contribution < 1.29 is 17.2 Å². The molecule has 0 aliphatic rings. The van der Waals surface area contributed by atoms with Gasteiger partial charge in [0.15, 0.2) is 0 Å². The number of rotatable bonds is 3. The van der Waals surface area contributed by atoms with Crippen LogP contribution in [0, 0.1) is 22.7 Å². The Morgan fingerprint density at radius 1 is 1.00 bits per heavy atom. The first-order chi connectivity index (χ1) is 11.9. The predicted octanol–water partition coefficient (Wildman–Crippen LogP) is 3.56. The molecule has 0 aliphatic heterocycles. The van der Waals surface area contributed by atoms with E-state index >= 15 is 0 Å². The van der Waals surface area contributed by atoms with E-state index in [-0.39, 0.29) is 26.9 Å². The van der Waals surface area contributed by atoms with Gasteiger partial charge in [-0.15, -0.1) is 0 Å². The minimum Gasteiger partial charge on any atom is -0.232 e. The third-order valence-corrected chi connectivity index (χ3v) is 5.46. The largest absolute Gasteiger partial charge is 0.279 e. The maximum Gasteiger partial charge on any atom is 0.279 e. The number of alkyl halides is 2. The molecule has 0 N–H and O–H groups in total. The number of fused-ring (bicyclic) bond motifs is 1. The monoisotopic (exact) mass is 357 g/mol. The topological polar surface area (TPSA) is 86.7 Å². The van der Waals surface area contributed by atoms with Crippen LogP contribution in [0.1, 0.15) is 23.2 Å². The van der Waals surface area contributed by atoms with Crippen LogP contribution >= 0.6 is 0 Å². The molecule has 25 heavy (non-hydrogen) atoms. The first-order valence-electron chi connectivity index (χ1n) is 6.99. The zero-order chi connectivity index (χ0) is 18.2. The Morgan fingerprint density at radius 3 is 2.24 bits per heavy atom. The molecule has 0 atom stereocenters. The number of aromatic nitrogens is 1. The van der Waals surface area contributed by atoms with Gasteiger partial charge in [0.1, 0.15) is 17.8 Å². The molecule has 0 bridgehead atoms. The van der Waals surface area contributed by atoms with Crippen molar-refractivity contribution in [3.05, 3.63) is 65.4 Å². The van der Waals surface area contributed by atoms with Gasteiger partial charge in [-0.05, 0) is 30.3 Å². The van der Waals surface area contributed by atoms with Crippen molar-refractivity contribution in [1.82, 2.24) is 3.97 Å². The summed E-state index contributed by atoms with van der Waals surface area (Å²) in [5, 5.41) is 18.3. The highest BCUT2D eigenvalue weighted by molar-refractivity contribution is 7.90. The summed E-state index contributed by atoms with van der Waals surface area (Å²) in [5.41, 5.74) is -0.978. The first-order valence-corrected chi connectivity index (χ1v) is 8.43. The van der Waals surface area contributed by atoms with Gasteiger partial charge in [0.25, 0.3) is 16.4 Å². The lowest BCUT2D eigenvalue weighted by Crippen LogP contribution is -2.15. The lowest BCUT2D eigenvalue weighted by Gasteiger charge is -2.11. The predicted molar refractivity (Wildman–Crippen MR) is 85.4 cm³/mol. The smallest absolute Gasteiger partial charge is 0.232 e. The van der Waals surface area contributed by atoms with Gasteiger partial charge < -0.3 is 0 Å². The molecule has 0 saturated heterocycles. The molecule has 1 heterocycles. The summed E-state index contributed by atoms with van der Waals surface area (Å²) >= 11 is 0. The summed E-state index contributed by atoms with van der Waals surface area (Å²) in [5.74, 6) is 0. The molecule has 5 nitrogen and oxygen atoms in total. The van der Waals surface area contributed by atoms with Crippen LogP contribution in [0.3, 0.4) is 0 Å². The third-order valence-electron chi connectivity index (χ3n) is 3.71. The minimum absolute atomic E-state index is 0.00337. The Balaban J connectivity index is 2.45. The zero-order valence-electron chi connectivity index (χ0n) is 12.5. The Morgan fingerprint density at radius 2 is 1.68 bits per heavy atom. The Bertz CT molecular complexity index is 1150. The van der Waals surface area contributed by atoms with E-state index in [1.54, 1.807) is 18.2 Å². The van der Waals surface area contributed by atoms with Crippen LogP contribution in [0.25, 0.3) is 10.9 Å². The maximum absolute atomic E-state index is 13.5. The molecule has 1 aromatic heterocycles. The third kappa shape index (κ3) is 2.53. The van der Waals surface area contributed by atoms with E-state index in [0.29, 0.717) is 3.97 Å². The second-order valence-corrected chi connectivity index (χ2v) is 6.88. The number of benzene rings is 2. The molecule has 0 amide bonds. The second kappa shape index (κ2) is 6.00. The van der Waals surface area contributed by atoms with Crippen LogP contribution in [-0.4, -0.2) is 12.4 Å². The van der Waals surface area contributed by atoms with E-state index in [1.165, 1.54) is 36.4 Å². The minimum atomic E-state index is -4.30. The quantitative estimate of drug-likeness (QED) is 0.717. The van der Waals surface area contributed by atoms with Crippen molar-refractivity contribution in [2.24, 2.45) is 0 Å². The van der Waals surface area contributed by atoms with Crippen molar-refractivity contribution >= 4 is 20.9 Å². The summed E-state index contributed by atoms with van der Waals surface area (Å²) in [6.07, 6.45) is -3.08.